The molecule has 12 heteroatoms. The highest BCUT2D eigenvalue weighted by atomic mass is 32.1. The topological polar surface area (TPSA) is 111 Å². The molecule has 2 aromatic carbocycles. The Morgan fingerprint density at radius 2 is 1.97 bits per heavy atom. The van der Waals surface area contributed by atoms with Crippen molar-refractivity contribution >= 4 is 52.3 Å². The summed E-state index contributed by atoms with van der Waals surface area (Å²) in [6.07, 6.45) is 0.447. The number of H-pyrrole nitrogens is 1. The first-order valence-electron chi connectivity index (χ1n) is 11.1. The van der Waals surface area contributed by atoms with Crippen molar-refractivity contribution in [2.24, 2.45) is 0 Å². The molecule has 2 fully saturated rings. The molecule has 3 amide bonds. The van der Waals surface area contributed by atoms with E-state index in [1.807, 2.05) is 11.0 Å². The van der Waals surface area contributed by atoms with Crippen molar-refractivity contribution in [2.75, 3.05) is 49.1 Å². The van der Waals surface area contributed by atoms with Crippen molar-refractivity contribution in [3.05, 3.63) is 54.1 Å². The van der Waals surface area contributed by atoms with Gasteiger partial charge in [0.2, 0.25) is 0 Å². The number of amides is 3. The van der Waals surface area contributed by atoms with E-state index in [1.165, 1.54) is 11.0 Å². The van der Waals surface area contributed by atoms with Gasteiger partial charge in [0.15, 0.2) is 0 Å². The Labute approximate surface area is 205 Å². The van der Waals surface area contributed by atoms with Crippen LogP contribution in [-0.4, -0.2) is 77.5 Å². The third-order valence-electron chi connectivity index (χ3n) is 6.17. The molecule has 0 aliphatic carbocycles. The second-order valence-corrected chi connectivity index (χ2v) is 8.76. The predicted molar refractivity (Wildman–Crippen MR) is 131 cm³/mol. The highest BCUT2D eigenvalue weighted by molar-refractivity contribution is 7.96. The molecule has 1 atom stereocenters. The fourth-order valence-corrected chi connectivity index (χ4v) is 4.45. The number of imidazole rings is 1. The lowest BCUT2D eigenvalue weighted by Crippen LogP contribution is -2.49. The summed E-state index contributed by atoms with van der Waals surface area (Å²) in [5.74, 6) is -0.548. The number of hydrogen-bond acceptors (Lipinski definition) is 6. The molecule has 182 valence electrons. The summed E-state index contributed by atoms with van der Waals surface area (Å²) >= 11 is 3.62. The van der Waals surface area contributed by atoms with Crippen LogP contribution in [0.25, 0.3) is 11.0 Å². The first-order chi connectivity index (χ1) is 16.9. The molecule has 2 saturated heterocycles. The molecule has 2 N–H and O–H groups in total. The molecule has 3 aromatic rings. The highest BCUT2D eigenvalue weighted by Gasteiger charge is 2.33. The van der Waals surface area contributed by atoms with Crippen LogP contribution in [-0.2, 0) is 4.74 Å². The molecule has 3 heterocycles. The molecule has 0 radical (unpaired) electrons. The van der Waals surface area contributed by atoms with Gasteiger partial charge in [0.1, 0.15) is 11.9 Å². The van der Waals surface area contributed by atoms with Gasteiger partial charge < -0.3 is 24.8 Å². The molecule has 1 unspecified atom stereocenters. The number of fused-ring (bicyclic) bond motifs is 1. The number of aromatic amines is 1. The highest BCUT2D eigenvalue weighted by Crippen LogP contribution is 2.29. The molecular formula is C23H23FN6O4S. The Hall–Kier alpha value is -3.80. The number of ether oxygens (including phenoxy) is 1. The first-order valence-corrected chi connectivity index (χ1v) is 11.6. The fraction of sp³-hybridized carbons (Fsp3) is 0.304. The SMILES string of the molecule is O=C(S)NCC1CN(c2ccc(N3CCN(C(=O)c4ccc5[nH]cnc5c4)CC3)c(F)c2)C(=O)O1. The van der Waals surface area contributed by atoms with E-state index in [2.05, 4.69) is 27.9 Å². The number of cyclic esters (lactones) is 1. The molecule has 0 saturated carbocycles. The molecular weight excluding hydrogens is 475 g/mol. The van der Waals surface area contributed by atoms with E-state index in [4.69, 9.17) is 4.74 Å². The van der Waals surface area contributed by atoms with E-state index in [0.717, 1.165) is 11.0 Å². The number of nitrogens with one attached hydrogen (secondary N) is 2. The number of aromatic nitrogens is 2. The van der Waals surface area contributed by atoms with Crippen LogP contribution in [0, 0.1) is 5.82 Å². The number of hydrogen-bond donors (Lipinski definition) is 3. The standard InChI is InChI=1S/C23H23FN6O4S/c24-17-10-15(30-12-16(34-23(30)33)11-25-22(32)35)2-4-20(17)28-5-7-29(8-6-28)21(31)14-1-3-18-19(9-14)27-13-26-18/h1-4,9-10,13,16H,5-8,11-12H2,(H,26,27)(H2,25,32,35). The minimum atomic E-state index is -0.601. The Bertz CT molecular complexity index is 1290. The van der Waals surface area contributed by atoms with Crippen LogP contribution < -0.4 is 15.1 Å². The quantitative estimate of drug-likeness (QED) is 0.467. The van der Waals surface area contributed by atoms with Gasteiger partial charge in [0, 0.05) is 31.7 Å². The lowest BCUT2D eigenvalue weighted by atomic mass is 10.1. The van der Waals surface area contributed by atoms with Crippen molar-refractivity contribution in [2.45, 2.75) is 6.10 Å². The normalized spacial score (nSPS) is 18.2. The maximum Gasteiger partial charge on any atom is 0.414 e. The second kappa shape index (κ2) is 9.45. The molecule has 1 aromatic heterocycles. The monoisotopic (exact) mass is 498 g/mol. The molecule has 0 bridgehead atoms. The van der Waals surface area contributed by atoms with Crippen LogP contribution in [0.1, 0.15) is 10.4 Å². The maximum absolute atomic E-state index is 15.0. The zero-order valence-electron chi connectivity index (χ0n) is 18.6. The Morgan fingerprint density at radius 3 is 2.71 bits per heavy atom. The van der Waals surface area contributed by atoms with Crippen LogP contribution in [0.4, 0.5) is 25.4 Å². The molecule has 0 spiro atoms. The second-order valence-electron chi connectivity index (χ2n) is 8.35. The van der Waals surface area contributed by atoms with Gasteiger partial charge in [0.25, 0.3) is 11.1 Å². The van der Waals surface area contributed by atoms with E-state index in [1.54, 1.807) is 35.5 Å². The van der Waals surface area contributed by atoms with Crippen molar-refractivity contribution in [3.63, 3.8) is 0 Å². The van der Waals surface area contributed by atoms with Gasteiger partial charge in [-0.15, -0.1) is 0 Å². The van der Waals surface area contributed by atoms with Crippen molar-refractivity contribution < 1.29 is 23.5 Å². The average molecular weight is 499 g/mol. The van der Waals surface area contributed by atoms with Crippen molar-refractivity contribution in [1.82, 2.24) is 20.2 Å². The van der Waals surface area contributed by atoms with Gasteiger partial charge in [-0.1, -0.05) is 12.6 Å². The van der Waals surface area contributed by atoms with Gasteiger partial charge in [-0.25, -0.2) is 14.2 Å². The summed E-state index contributed by atoms with van der Waals surface area (Å²) < 4.78 is 20.2. The van der Waals surface area contributed by atoms with Crippen molar-refractivity contribution in [1.29, 1.82) is 0 Å². The third kappa shape index (κ3) is 4.74. The molecule has 35 heavy (non-hydrogen) atoms. The van der Waals surface area contributed by atoms with Crippen LogP contribution in [0.2, 0.25) is 0 Å². The van der Waals surface area contributed by atoms with Crippen molar-refractivity contribution in [3.8, 4) is 0 Å². The number of thiol groups is 1. The maximum atomic E-state index is 15.0. The van der Waals surface area contributed by atoms with Gasteiger partial charge >= 0.3 is 6.09 Å². The number of piperazine rings is 1. The van der Waals surface area contributed by atoms with Gasteiger partial charge in [-0.2, -0.15) is 0 Å². The third-order valence-corrected chi connectivity index (χ3v) is 6.33. The summed E-state index contributed by atoms with van der Waals surface area (Å²) in [7, 11) is 0. The summed E-state index contributed by atoms with van der Waals surface area (Å²) in [6.45, 7) is 2.18. The minimum absolute atomic E-state index is 0.0819. The Kier molecular flexibility index (Phi) is 6.20. The Morgan fingerprint density at radius 1 is 1.17 bits per heavy atom. The van der Waals surface area contributed by atoms with E-state index < -0.39 is 23.3 Å². The smallest absolute Gasteiger partial charge is 0.414 e. The lowest BCUT2D eigenvalue weighted by Gasteiger charge is -2.36. The number of carbonyl (C=O) groups is 3. The van der Waals surface area contributed by atoms with E-state index in [0.29, 0.717) is 43.1 Å². The number of rotatable bonds is 5. The summed E-state index contributed by atoms with van der Waals surface area (Å²) in [5.41, 5.74) is 2.95. The molecule has 10 nitrogen and oxygen atoms in total. The van der Waals surface area contributed by atoms with Crippen LogP contribution in [0.15, 0.2) is 42.7 Å². The lowest BCUT2D eigenvalue weighted by molar-refractivity contribution is 0.0746. The average Bonchev–Trinajstić information content (AvgIpc) is 3.48. The largest absolute Gasteiger partial charge is 0.442 e. The number of benzene rings is 2. The van der Waals surface area contributed by atoms with Gasteiger partial charge in [0.05, 0.1) is 41.8 Å². The minimum Gasteiger partial charge on any atom is -0.442 e. The molecule has 2 aliphatic heterocycles. The van der Waals surface area contributed by atoms with E-state index >= 15 is 4.39 Å². The summed E-state index contributed by atoms with van der Waals surface area (Å²) in [4.78, 5) is 48.2. The van der Waals surface area contributed by atoms with Crippen LogP contribution in [0.3, 0.4) is 0 Å². The number of anilines is 2. The zero-order chi connectivity index (χ0) is 24.5. The summed E-state index contributed by atoms with van der Waals surface area (Å²) in [6, 6.07) is 9.96. The van der Waals surface area contributed by atoms with Gasteiger partial charge in [-0.05, 0) is 36.4 Å². The van der Waals surface area contributed by atoms with Gasteiger partial charge in [-0.3, -0.25) is 14.5 Å². The first kappa shape index (κ1) is 23.0. The fourth-order valence-electron chi connectivity index (χ4n) is 4.36. The van der Waals surface area contributed by atoms with E-state index in [-0.39, 0.29) is 19.0 Å². The number of halogens is 1. The number of nitrogens with zero attached hydrogens (tertiary/aromatic N) is 4. The zero-order valence-corrected chi connectivity index (χ0v) is 19.5. The van der Waals surface area contributed by atoms with Crippen LogP contribution in [0.5, 0.6) is 0 Å². The van der Waals surface area contributed by atoms with E-state index in [9.17, 15) is 14.4 Å². The molecule has 2 aliphatic rings. The van der Waals surface area contributed by atoms with Crippen LogP contribution >= 0.6 is 12.6 Å². The Balaban J connectivity index is 1.21. The molecule has 5 rings (SSSR count). The summed E-state index contributed by atoms with van der Waals surface area (Å²) in [5, 5.41) is 1.96. The number of carbonyl (C=O) groups excluding carboxylic acids is 3. The predicted octanol–water partition coefficient (Wildman–Crippen LogP) is 2.63.